The van der Waals surface area contributed by atoms with E-state index < -0.39 is 0 Å². The van der Waals surface area contributed by atoms with Crippen LogP contribution in [0, 0.1) is 5.82 Å². The van der Waals surface area contributed by atoms with Gasteiger partial charge in [-0.3, -0.25) is 0 Å². The summed E-state index contributed by atoms with van der Waals surface area (Å²) in [5.41, 5.74) is 0.710. The van der Waals surface area contributed by atoms with E-state index in [-0.39, 0.29) is 5.82 Å². The highest BCUT2D eigenvalue weighted by Crippen LogP contribution is 2.20. The van der Waals surface area contributed by atoms with Crippen molar-refractivity contribution in [1.29, 1.82) is 0 Å². The summed E-state index contributed by atoms with van der Waals surface area (Å²) >= 11 is 0. The number of piperidine rings is 1. The molecule has 2 aromatic heterocycles. The van der Waals surface area contributed by atoms with Gasteiger partial charge in [0.1, 0.15) is 5.82 Å². The highest BCUT2D eigenvalue weighted by molar-refractivity contribution is 5.37. The second-order valence-corrected chi connectivity index (χ2v) is 4.16. The fraction of sp³-hybridized carbons (Fsp3) is 0.455. The Kier molecular flexibility index (Phi) is 2.32. The average Bonchev–Trinajstić information content (AvgIpc) is 2.73. The maximum absolute atomic E-state index is 13.0. The van der Waals surface area contributed by atoms with E-state index in [0.29, 0.717) is 11.6 Å². The smallest absolute Gasteiger partial charge is 0.156 e. The summed E-state index contributed by atoms with van der Waals surface area (Å²) in [6.45, 7) is 1.98. The zero-order chi connectivity index (χ0) is 11.0. The lowest BCUT2D eigenvalue weighted by atomic mass is 9.99. The number of nitrogens with one attached hydrogen (secondary N) is 1. The van der Waals surface area contributed by atoms with Gasteiger partial charge in [-0.2, -0.15) is 5.10 Å². The van der Waals surface area contributed by atoms with Crippen molar-refractivity contribution in [2.24, 2.45) is 0 Å². The van der Waals surface area contributed by atoms with E-state index in [1.807, 2.05) is 0 Å². The SMILES string of the molecule is Fc1ccc2nc(C3CCCNC3)nn2c1. The Morgan fingerprint density at radius 3 is 3.19 bits per heavy atom. The third-order valence-electron chi connectivity index (χ3n) is 2.97. The molecule has 3 rings (SSSR count). The molecule has 1 aliphatic heterocycles. The van der Waals surface area contributed by atoms with Crippen LogP contribution in [0.2, 0.25) is 0 Å². The highest BCUT2D eigenvalue weighted by atomic mass is 19.1. The number of halogens is 1. The van der Waals surface area contributed by atoms with Crippen LogP contribution in [0.25, 0.3) is 5.65 Å². The summed E-state index contributed by atoms with van der Waals surface area (Å²) in [7, 11) is 0. The third kappa shape index (κ3) is 1.67. The summed E-state index contributed by atoms with van der Waals surface area (Å²) < 4.78 is 14.5. The Bertz CT molecular complexity index is 502. The zero-order valence-corrected chi connectivity index (χ0v) is 8.86. The van der Waals surface area contributed by atoms with Crippen molar-refractivity contribution in [2.75, 3.05) is 13.1 Å². The lowest BCUT2D eigenvalue weighted by Crippen LogP contribution is -2.28. The molecule has 0 radical (unpaired) electrons. The molecule has 0 amide bonds. The summed E-state index contributed by atoms with van der Waals surface area (Å²) in [6.07, 6.45) is 3.61. The number of pyridine rings is 1. The molecule has 0 saturated carbocycles. The van der Waals surface area contributed by atoms with E-state index in [4.69, 9.17) is 0 Å². The summed E-state index contributed by atoms with van der Waals surface area (Å²) in [5.74, 6) is 0.889. The number of rotatable bonds is 1. The Labute approximate surface area is 92.5 Å². The van der Waals surface area contributed by atoms with Gasteiger partial charge in [-0.1, -0.05) is 0 Å². The van der Waals surface area contributed by atoms with Crippen LogP contribution in [0.3, 0.4) is 0 Å². The molecule has 0 spiro atoms. The predicted octanol–water partition coefficient (Wildman–Crippen LogP) is 1.34. The molecule has 3 heterocycles. The number of hydrogen-bond acceptors (Lipinski definition) is 3. The Hall–Kier alpha value is -1.49. The van der Waals surface area contributed by atoms with Crippen LogP contribution in [-0.4, -0.2) is 27.7 Å². The molecule has 0 aromatic carbocycles. The van der Waals surface area contributed by atoms with Crippen molar-refractivity contribution in [2.45, 2.75) is 18.8 Å². The lowest BCUT2D eigenvalue weighted by molar-refractivity contribution is 0.446. The molecule has 1 aliphatic rings. The Morgan fingerprint density at radius 1 is 1.44 bits per heavy atom. The van der Waals surface area contributed by atoms with Crippen LogP contribution in [0.1, 0.15) is 24.6 Å². The van der Waals surface area contributed by atoms with Crippen LogP contribution in [0.5, 0.6) is 0 Å². The van der Waals surface area contributed by atoms with Crippen LogP contribution in [-0.2, 0) is 0 Å². The van der Waals surface area contributed by atoms with Crippen LogP contribution < -0.4 is 5.32 Å². The fourth-order valence-corrected chi connectivity index (χ4v) is 2.12. The molecule has 84 valence electrons. The summed E-state index contributed by atoms with van der Waals surface area (Å²) in [4.78, 5) is 4.42. The second-order valence-electron chi connectivity index (χ2n) is 4.16. The van der Waals surface area contributed by atoms with Crippen molar-refractivity contribution in [3.05, 3.63) is 30.0 Å². The molecular weight excluding hydrogens is 207 g/mol. The van der Waals surface area contributed by atoms with E-state index in [2.05, 4.69) is 15.4 Å². The van der Waals surface area contributed by atoms with Gasteiger partial charge in [0.25, 0.3) is 0 Å². The normalized spacial score (nSPS) is 21.4. The first-order valence-corrected chi connectivity index (χ1v) is 5.55. The van der Waals surface area contributed by atoms with E-state index >= 15 is 0 Å². The quantitative estimate of drug-likeness (QED) is 0.788. The van der Waals surface area contributed by atoms with Gasteiger partial charge in [0.05, 0.1) is 6.20 Å². The lowest BCUT2D eigenvalue weighted by Gasteiger charge is -2.19. The van der Waals surface area contributed by atoms with Gasteiger partial charge < -0.3 is 5.32 Å². The molecule has 2 aromatic rings. The molecule has 16 heavy (non-hydrogen) atoms. The van der Waals surface area contributed by atoms with E-state index in [1.54, 1.807) is 6.07 Å². The largest absolute Gasteiger partial charge is 0.316 e. The number of fused-ring (bicyclic) bond motifs is 1. The standard InChI is InChI=1S/C11H13FN4/c12-9-3-4-10-14-11(15-16(10)7-9)8-2-1-5-13-6-8/h3-4,7-8,13H,1-2,5-6H2. The van der Waals surface area contributed by atoms with Crippen molar-refractivity contribution in [3.8, 4) is 0 Å². The van der Waals surface area contributed by atoms with Gasteiger partial charge in [-0.25, -0.2) is 13.9 Å². The highest BCUT2D eigenvalue weighted by Gasteiger charge is 2.19. The summed E-state index contributed by atoms with van der Waals surface area (Å²) in [6, 6.07) is 3.06. The Balaban J connectivity index is 1.97. The molecule has 1 atom stereocenters. The second kappa shape index (κ2) is 3.83. The molecule has 1 saturated heterocycles. The molecule has 4 nitrogen and oxygen atoms in total. The molecule has 0 bridgehead atoms. The molecule has 1 unspecified atom stereocenters. The average molecular weight is 220 g/mol. The predicted molar refractivity (Wildman–Crippen MR) is 57.8 cm³/mol. The van der Waals surface area contributed by atoms with Crippen molar-refractivity contribution in [3.63, 3.8) is 0 Å². The van der Waals surface area contributed by atoms with Crippen molar-refractivity contribution >= 4 is 5.65 Å². The number of hydrogen-bond donors (Lipinski definition) is 1. The minimum Gasteiger partial charge on any atom is -0.316 e. The van der Waals surface area contributed by atoms with Crippen molar-refractivity contribution in [1.82, 2.24) is 19.9 Å². The fourth-order valence-electron chi connectivity index (χ4n) is 2.12. The van der Waals surface area contributed by atoms with E-state index in [1.165, 1.54) is 16.8 Å². The minimum atomic E-state index is -0.286. The maximum atomic E-state index is 13.0. The molecule has 1 N–H and O–H groups in total. The monoisotopic (exact) mass is 220 g/mol. The first kappa shape index (κ1) is 9.72. The van der Waals surface area contributed by atoms with Crippen LogP contribution >= 0.6 is 0 Å². The van der Waals surface area contributed by atoms with Gasteiger partial charge in [-0.05, 0) is 31.5 Å². The van der Waals surface area contributed by atoms with Gasteiger partial charge in [-0.15, -0.1) is 0 Å². The molecule has 5 heteroatoms. The molecule has 0 aliphatic carbocycles. The van der Waals surface area contributed by atoms with Gasteiger partial charge in [0.2, 0.25) is 0 Å². The van der Waals surface area contributed by atoms with E-state index in [0.717, 1.165) is 31.8 Å². The van der Waals surface area contributed by atoms with E-state index in [9.17, 15) is 4.39 Å². The molecule has 1 fully saturated rings. The van der Waals surface area contributed by atoms with Crippen LogP contribution in [0.4, 0.5) is 4.39 Å². The first-order chi connectivity index (χ1) is 7.83. The Morgan fingerprint density at radius 2 is 2.38 bits per heavy atom. The third-order valence-corrected chi connectivity index (χ3v) is 2.97. The zero-order valence-electron chi connectivity index (χ0n) is 8.86. The first-order valence-electron chi connectivity index (χ1n) is 5.55. The van der Waals surface area contributed by atoms with Crippen molar-refractivity contribution < 1.29 is 4.39 Å². The van der Waals surface area contributed by atoms with Gasteiger partial charge in [0.15, 0.2) is 11.5 Å². The maximum Gasteiger partial charge on any atom is 0.156 e. The van der Waals surface area contributed by atoms with Crippen LogP contribution in [0.15, 0.2) is 18.3 Å². The number of aromatic nitrogens is 3. The topological polar surface area (TPSA) is 42.2 Å². The number of nitrogens with zero attached hydrogens (tertiary/aromatic N) is 3. The summed E-state index contributed by atoms with van der Waals surface area (Å²) in [5, 5.41) is 7.65. The van der Waals surface area contributed by atoms with Gasteiger partial charge in [0, 0.05) is 12.5 Å². The molecular formula is C11H13FN4. The minimum absolute atomic E-state index is 0.286. The van der Waals surface area contributed by atoms with Gasteiger partial charge >= 0.3 is 0 Å².